The van der Waals surface area contributed by atoms with E-state index < -0.39 is 0 Å². The number of nitrogens with zero attached hydrogens (tertiary/aromatic N) is 2. The molecule has 5 heteroatoms. The molecule has 1 aromatic heterocycles. The number of aliphatic hydroxyl groups is 1. The van der Waals surface area contributed by atoms with Gasteiger partial charge in [-0.3, -0.25) is 0 Å². The van der Waals surface area contributed by atoms with Gasteiger partial charge in [0.15, 0.2) is 0 Å². The monoisotopic (exact) mass is 213 g/mol. The highest BCUT2D eigenvalue weighted by atomic mass is 35.5. The van der Waals surface area contributed by atoms with Crippen LogP contribution in [0.5, 0.6) is 0 Å². The van der Waals surface area contributed by atoms with E-state index in [0.29, 0.717) is 5.82 Å². The van der Waals surface area contributed by atoms with Gasteiger partial charge in [0.2, 0.25) is 5.28 Å². The van der Waals surface area contributed by atoms with Gasteiger partial charge >= 0.3 is 0 Å². The maximum absolute atomic E-state index is 9.12. The van der Waals surface area contributed by atoms with Gasteiger partial charge in [0.1, 0.15) is 5.82 Å². The number of aromatic nitrogens is 2. The zero-order valence-corrected chi connectivity index (χ0v) is 8.67. The molecular weight excluding hydrogens is 202 g/mol. The summed E-state index contributed by atoms with van der Waals surface area (Å²) in [6, 6.07) is 1.82. The summed E-state index contributed by atoms with van der Waals surface area (Å²) < 4.78 is 0. The lowest BCUT2D eigenvalue weighted by molar-refractivity contribution is 0.266. The molecule has 1 aliphatic rings. The fourth-order valence-corrected chi connectivity index (χ4v) is 1.57. The van der Waals surface area contributed by atoms with Gasteiger partial charge in [-0.2, -0.15) is 0 Å². The highest BCUT2D eigenvalue weighted by Crippen LogP contribution is 2.37. The van der Waals surface area contributed by atoms with Gasteiger partial charge in [0.05, 0.1) is 12.1 Å². The van der Waals surface area contributed by atoms with Crippen LogP contribution in [0.25, 0.3) is 0 Å². The van der Waals surface area contributed by atoms with Crippen LogP contribution >= 0.6 is 11.6 Å². The molecule has 0 amide bonds. The summed E-state index contributed by atoms with van der Waals surface area (Å²) in [4.78, 5) is 8.00. The molecule has 0 aromatic carbocycles. The molecule has 1 aliphatic carbocycles. The van der Waals surface area contributed by atoms with E-state index in [1.165, 1.54) is 0 Å². The van der Waals surface area contributed by atoms with Gasteiger partial charge < -0.3 is 10.4 Å². The normalized spacial score (nSPS) is 17.9. The third kappa shape index (κ3) is 1.96. The fraction of sp³-hybridized carbons (Fsp3) is 0.556. The molecule has 1 saturated carbocycles. The Balaban J connectivity index is 2.16. The van der Waals surface area contributed by atoms with Crippen molar-refractivity contribution in [1.29, 1.82) is 0 Å². The van der Waals surface area contributed by atoms with Crippen molar-refractivity contribution >= 4 is 17.4 Å². The van der Waals surface area contributed by atoms with E-state index >= 15 is 0 Å². The zero-order chi connectivity index (χ0) is 10.2. The van der Waals surface area contributed by atoms with Crippen molar-refractivity contribution in [2.24, 2.45) is 0 Å². The lowest BCUT2D eigenvalue weighted by atomic mass is 10.3. The van der Waals surface area contributed by atoms with Crippen molar-refractivity contribution < 1.29 is 5.11 Å². The summed E-state index contributed by atoms with van der Waals surface area (Å²) in [5.41, 5.74) is 0.658. The van der Waals surface area contributed by atoms with Crippen molar-refractivity contribution in [2.45, 2.75) is 25.3 Å². The molecule has 14 heavy (non-hydrogen) atoms. The van der Waals surface area contributed by atoms with Crippen LogP contribution < -0.4 is 5.32 Å². The highest BCUT2D eigenvalue weighted by Gasteiger charge is 2.42. The Bertz CT molecular complexity index is 332. The lowest BCUT2D eigenvalue weighted by Crippen LogP contribution is -2.26. The molecule has 0 spiro atoms. The molecule has 0 bridgehead atoms. The second-order valence-electron chi connectivity index (χ2n) is 3.73. The molecule has 0 atom stereocenters. The maximum atomic E-state index is 9.12. The molecule has 76 valence electrons. The summed E-state index contributed by atoms with van der Waals surface area (Å²) in [6.07, 6.45) is 1.95. The summed E-state index contributed by atoms with van der Waals surface area (Å²) in [7, 11) is 0. The Hall–Kier alpha value is -0.870. The van der Waals surface area contributed by atoms with Crippen LogP contribution in [0.3, 0.4) is 0 Å². The molecule has 2 rings (SSSR count). The number of anilines is 1. The van der Waals surface area contributed by atoms with E-state index in [-0.39, 0.29) is 17.4 Å². The van der Waals surface area contributed by atoms with Crippen LogP contribution in [-0.2, 0) is 0 Å². The topological polar surface area (TPSA) is 58.0 Å². The van der Waals surface area contributed by atoms with Crippen LogP contribution in [0.1, 0.15) is 18.5 Å². The largest absolute Gasteiger partial charge is 0.394 e. The average Bonchev–Trinajstić information content (AvgIpc) is 2.83. The van der Waals surface area contributed by atoms with E-state index in [1.54, 1.807) is 0 Å². The van der Waals surface area contributed by atoms with Crippen LogP contribution in [0.2, 0.25) is 5.28 Å². The van der Waals surface area contributed by atoms with Crippen LogP contribution in [-0.4, -0.2) is 27.2 Å². The first kappa shape index (κ1) is 9.68. The predicted molar refractivity (Wildman–Crippen MR) is 54.5 cm³/mol. The highest BCUT2D eigenvalue weighted by molar-refractivity contribution is 6.28. The predicted octanol–water partition coefficient (Wildman–Crippen LogP) is 1.38. The van der Waals surface area contributed by atoms with E-state index in [4.69, 9.17) is 16.7 Å². The van der Waals surface area contributed by atoms with Crippen molar-refractivity contribution in [3.05, 3.63) is 17.0 Å². The van der Waals surface area contributed by atoms with Gasteiger partial charge in [-0.25, -0.2) is 9.97 Å². The standard InChI is InChI=1S/C9H12ClN3O/c1-6-4-7(12-8(10)11-6)13-9(5-14)2-3-9/h4,14H,2-3,5H2,1H3,(H,11,12,13). The number of nitrogens with one attached hydrogen (secondary N) is 1. The molecule has 0 aliphatic heterocycles. The number of aliphatic hydroxyl groups excluding tert-OH is 1. The fourth-order valence-electron chi connectivity index (χ4n) is 1.34. The Morgan fingerprint density at radius 2 is 2.29 bits per heavy atom. The zero-order valence-electron chi connectivity index (χ0n) is 7.92. The molecule has 1 fully saturated rings. The first-order chi connectivity index (χ1) is 6.63. The number of halogens is 1. The molecule has 1 heterocycles. The molecular formula is C9H12ClN3O. The van der Waals surface area contributed by atoms with Gasteiger partial charge in [0.25, 0.3) is 0 Å². The molecule has 0 saturated heterocycles. The summed E-state index contributed by atoms with van der Waals surface area (Å²) in [6.45, 7) is 1.99. The quantitative estimate of drug-likeness (QED) is 0.745. The van der Waals surface area contributed by atoms with Crippen molar-refractivity contribution in [2.75, 3.05) is 11.9 Å². The van der Waals surface area contributed by atoms with Crippen molar-refractivity contribution in [1.82, 2.24) is 9.97 Å². The molecule has 2 N–H and O–H groups in total. The van der Waals surface area contributed by atoms with Gasteiger partial charge in [-0.05, 0) is 31.4 Å². The Morgan fingerprint density at radius 3 is 2.79 bits per heavy atom. The molecule has 0 unspecified atom stereocenters. The summed E-state index contributed by atoms with van der Waals surface area (Å²) in [5, 5.41) is 12.5. The smallest absolute Gasteiger partial charge is 0.224 e. The number of rotatable bonds is 3. The third-order valence-electron chi connectivity index (χ3n) is 2.38. The first-order valence-corrected chi connectivity index (χ1v) is 4.92. The third-order valence-corrected chi connectivity index (χ3v) is 2.55. The summed E-state index contributed by atoms with van der Waals surface area (Å²) >= 11 is 5.72. The van der Waals surface area contributed by atoms with Crippen LogP contribution in [0.4, 0.5) is 5.82 Å². The Labute approximate surface area is 87.3 Å². The minimum absolute atomic E-state index is 0.133. The maximum Gasteiger partial charge on any atom is 0.224 e. The molecule has 1 aromatic rings. The van der Waals surface area contributed by atoms with E-state index in [9.17, 15) is 0 Å². The molecule has 4 nitrogen and oxygen atoms in total. The SMILES string of the molecule is Cc1cc(NC2(CO)CC2)nc(Cl)n1. The van der Waals surface area contributed by atoms with Crippen molar-refractivity contribution in [3.63, 3.8) is 0 Å². The van der Waals surface area contributed by atoms with E-state index in [0.717, 1.165) is 18.5 Å². The van der Waals surface area contributed by atoms with Crippen LogP contribution in [0.15, 0.2) is 6.07 Å². The van der Waals surface area contributed by atoms with E-state index in [2.05, 4.69) is 15.3 Å². The average molecular weight is 214 g/mol. The number of hydrogen-bond acceptors (Lipinski definition) is 4. The van der Waals surface area contributed by atoms with Crippen LogP contribution in [0, 0.1) is 6.92 Å². The van der Waals surface area contributed by atoms with Gasteiger partial charge in [0, 0.05) is 11.8 Å². The minimum atomic E-state index is -0.163. The second kappa shape index (κ2) is 3.37. The number of hydrogen-bond donors (Lipinski definition) is 2. The second-order valence-corrected chi connectivity index (χ2v) is 4.07. The van der Waals surface area contributed by atoms with Gasteiger partial charge in [-0.15, -0.1) is 0 Å². The number of aryl methyl sites for hydroxylation is 1. The van der Waals surface area contributed by atoms with E-state index in [1.807, 2.05) is 13.0 Å². The Kier molecular flexibility index (Phi) is 2.33. The summed E-state index contributed by atoms with van der Waals surface area (Å²) in [5.74, 6) is 0.689. The van der Waals surface area contributed by atoms with Gasteiger partial charge in [-0.1, -0.05) is 0 Å². The minimum Gasteiger partial charge on any atom is -0.394 e. The lowest BCUT2D eigenvalue weighted by Gasteiger charge is -2.14. The van der Waals surface area contributed by atoms with Crippen molar-refractivity contribution in [3.8, 4) is 0 Å². The Morgan fingerprint density at radius 1 is 1.57 bits per heavy atom. The first-order valence-electron chi connectivity index (χ1n) is 4.54. The molecule has 0 radical (unpaired) electrons.